The van der Waals surface area contributed by atoms with Gasteiger partial charge in [-0.15, -0.1) is 0 Å². The minimum atomic E-state index is -4.83. The Hall–Kier alpha value is -3.49. The number of nitrogens with zero attached hydrogens (tertiary/aromatic N) is 4. The van der Waals surface area contributed by atoms with Crippen molar-refractivity contribution < 1.29 is 37.4 Å². The van der Waals surface area contributed by atoms with E-state index in [1.165, 1.54) is 18.5 Å². The molecule has 0 spiro atoms. The van der Waals surface area contributed by atoms with E-state index in [0.29, 0.717) is 29.9 Å². The molecule has 3 aliphatic carbocycles. The molecule has 0 aliphatic heterocycles. The van der Waals surface area contributed by atoms with Gasteiger partial charge in [0, 0.05) is 36.3 Å². The Balaban J connectivity index is 1.18. The van der Waals surface area contributed by atoms with E-state index in [2.05, 4.69) is 15.4 Å². The molecule has 2 atom stereocenters. The van der Waals surface area contributed by atoms with E-state index in [4.69, 9.17) is 17.3 Å². The van der Waals surface area contributed by atoms with Crippen LogP contribution in [0, 0.1) is 23.6 Å². The number of hydrogen-bond donors (Lipinski definition) is 4. The molecular formula is C29H31ClF4N6O4. The van der Waals surface area contributed by atoms with Crippen molar-refractivity contribution in [2.24, 2.45) is 30.5 Å². The number of hydrogen-bond acceptors (Lipinski definition) is 6. The van der Waals surface area contributed by atoms with E-state index >= 15 is 0 Å². The number of aliphatic hydroxyl groups is 2. The second kappa shape index (κ2) is 10.6. The number of primary amides is 1. The second-order valence-corrected chi connectivity index (χ2v) is 13.0. The predicted molar refractivity (Wildman–Crippen MR) is 149 cm³/mol. The normalized spacial score (nSPS) is 29.8. The highest BCUT2D eigenvalue weighted by atomic mass is 35.5. The smallest absolute Gasteiger partial charge is 0.388 e. The average molecular weight is 639 g/mol. The molecule has 2 amide bonds. The summed E-state index contributed by atoms with van der Waals surface area (Å²) in [5, 5.41) is 28.6. The molecule has 236 valence electrons. The van der Waals surface area contributed by atoms with Crippen LogP contribution >= 0.6 is 11.6 Å². The standard InChI is InChI=1S/C29H31ClF4N6O4/c1-39-13-36-22(23(39)26(42)37-18-2-3-21(31)20(30)6-18)14-4-15-9-28(44,10-16(15)5-14)19-11-40(38-24(19)29(32,33)34)12-27(43)7-17(8-27)25(35)41/h2-3,6,11,13-17,43-44H,4-5,7-10,12H2,1H3,(H2,35,41)(H,37,42). The first-order valence-corrected chi connectivity index (χ1v) is 14.6. The van der Waals surface area contributed by atoms with E-state index in [-0.39, 0.29) is 60.6 Å². The number of nitrogens with one attached hydrogen (secondary N) is 1. The molecule has 0 radical (unpaired) electrons. The van der Waals surface area contributed by atoms with Crippen molar-refractivity contribution >= 4 is 29.1 Å². The first kappa shape index (κ1) is 30.5. The lowest BCUT2D eigenvalue weighted by atomic mass is 9.70. The number of halogens is 5. The first-order chi connectivity index (χ1) is 20.5. The number of nitrogens with two attached hydrogens (primary N) is 1. The Kier molecular flexibility index (Phi) is 7.32. The van der Waals surface area contributed by atoms with Gasteiger partial charge in [-0.25, -0.2) is 9.37 Å². The summed E-state index contributed by atoms with van der Waals surface area (Å²) >= 11 is 5.84. The molecule has 1 aromatic carbocycles. The van der Waals surface area contributed by atoms with Crippen LogP contribution in [-0.2, 0) is 30.2 Å². The van der Waals surface area contributed by atoms with Crippen molar-refractivity contribution in [3.63, 3.8) is 0 Å². The first-order valence-electron chi connectivity index (χ1n) is 14.2. The van der Waals surface area contributed by atoms with E-state index < -0.39 is 46.6 Å². The summed E-state index contributed by atoms with van der Waals surface area (Å²) in [6, 6.07) is 3.83. The zero-order valence-corrected chi connectivity index (χ0v) is 24.4. The van der Waals surface area contributed by atoms with Gasteiger partial charge in [-0.05, 0) is 68.6 Å². The lowest BCUT2D eigenvalue weighted by Gasteiger charge is -2.41. The number of carbonyl (C=O) groups is 2. The number of carbonyl (C=O) groups excluding carboxylic acids is 2. The van der Waals surface area contributed by atoms with Gasteiger partial charge in [0.2, 0.25) is 5.91 Å². The zero-order valence-electron chi connectivity index (χ0n) is 23.6. The van der Waals surface area contributed by atoms with Gasteiger partial charge in [-0.1, -0.05) is 11.6 Å². The quantitative estimate of drug-likeness (QED) is 0.287. The Labute approximate surface area is 254 Å². The maximum absolute atomic E-state index is 14.1. The number of anilines is 1. The maximum atomic E-state index is 14.1. The molecule has 6 rings (SSSR count). The van der Waals surface area contributed by atoms with Gasteiger partial charge < -0.3 is 25.8 Å². The van der Waals surface area contributed by atoms with Crippen LogP contribution in [0.15, 0.2) is 30.7 Å². The highest BCUT2D eigenvalue weighted by Crippen LogP contribution is 2.58. The van der Waals surface area contributed by atoms with Gasteiger partial charge in [-0.3, -0.25) is 14.3 Å². The maximum Gasteiger partial charge on any atom is 0.435 e. The molecule has 3 saturated carbocycles. The molecule has 44 heavy (non-hydrogen) atoms. The van der Waals surface area contributed by atoms with Crippen molar-refractivity contribution in [3.05, 3.63) is 64.2 Å². The molecule has 3 fully saturated rings. The highest BCUT2D eigenvalue weighted by molar-refractivity contribution is 6.31. The van der Waals surface area contributed by atoms with E-state index in [1.807, 2.05) is 0 Å². The van der Waals surface area contributed by atoms with Crippen LogP contribution < -0.4 is 11.1 Å². The fourth-order valence-corrected chi connectivity index (χ4v) is 7.62. The molecule has 2 heterocycles. The third-order valence-electron chi connectivity index (χ3n) is 9.43. The lowest BCUT2D eigenvalue weighted by Crippen LogP contribution is -2.51. The van der Waals surface area contributed by atoms with E-state index in [9.17, 15) is 37.4 Å². The predicted octanol–water partition coefficient (Wildman–Crippen LogP) is 4.10. The molecule has 10 nitrogen and oxygen atoms in total. The number of aryl methyl sites for hydroxylation is 1. The minimum absolute atomic E-state index is 0.0276. The fraction of sp³-hybridized carbons (Fsp3) is 0.517. The number of aromatic nitrogens is 4. The summed E-state index contributed by atoms with van der Waals surface area (Å²) < 4.78 is 58.4. The van der Waals surface area contributed by atoms with E-state index in [1.54, 1.807) is 11.6 Å². The highest BCUT2D eigenvalue weighted by Gasteiger charge is 2.54. The molecule has 2 unspecified atom stereocenters. The SMILES string of the molecule is Cn1cnc(C2CC3CC(O)(c4cn(CC5(O)CC(C(N)=O)C5)nc4C(F)(F)F)CC3C2)c1C(=O)Nc1ccc(F)c(Cl)c1. The summed E-state index contributed by atoms with van der Waals surface area (Å²) in [7, 11) is 1.67. The molecule has 3 aliphatic rings. The molecular weight excluding hydrogens is 608 g/mol. The van der Waals surface area contributed by atoms with Crippen LogP contribution in [0.4, 0.5) is 23.2 Å². The Morgan fingerprint density at radius 1 is 1.16 bits per heavy atom. The monoisotopic (exact) mass is 638 g/mol. The molecule has 0 bridgehead atoms. The summed E-state index contributed by atoms with van der Waals surface area (Å²) in [4.78, 5) is 29.0. The molecule has 5 N–H and O–H groups in total. The number of fused-ring (bicyclic) bond motifs is 1. The number of alkyl halides is 3. The summed E-state index contributed by atoms with van der Waals surface area (Å²) in [5.41, 5.74) is 1.69. The van der Waals surface area contributed by atoms with Crippen molar-refractivity contribution in [2.45, 2.75) is 68.4 Å². The summed E-state index contributed by atoms with van der Waals surface area (Å²) in [6.07, 6.45) is -0.956. The summed E-state index contributed by atoms with van der Waals surface area (Å²) in [6.45, 7) is -0.264. The fourth-order valence-electron chi connectivity index (χ4n) is 7.44. The van der Waals surface area contributed by atoms with Gasteiger partial charge >= 0.3 is 6.18 Å². The molecule has 2 aromatic heterocycles. The average Bonchev–Trinajstić information content (AvgIpc) is 3.66. The topological polar surface area (TPSA) is 148 Å². The van der Waals surface area contributed by atoms with Gasteiger partial charge in [0.15, 0.2) is 5.69 Å². The number of rotatable bonds is 7. The van der Waals surface area contributed by atoms with Crippen LogP contribution in [0.3, 0.4) is 0 Å². The molecule has 0 saturated heterocycles. The minimum Gasteiger partial charge on any atom is -0.388 e. The van der Waals surface area contributed by atoms with Gasteiger partial charge in [0.05, 0.1) is 34.8 Å². The third kappa shape index (κ3) is 5.47. The van der Waals surface area contributed by atoms with Crippen LogP contribution in [0.5, 0.6) is 0 Å². The lowest BCUT2D eigenvalue weighted by molar-refractivity contribution is -0.145. The number of imidazole rings is 1. The number of benzene rings is 1. The van der Waals surface area contributed by atoms with Crippen LogP contribution in [0.1, 0.15) is 71.9 Å². The Morgan fingerprint density at radius 3 is 2.41 bits per heavy atom. The Bertz CT molecular complexity index is 1620. The van der Waals surface area contributed by atoms with Crippen molar-refractivity contribution in [3.8, 4) is 0 Å². The van der Waals surface area contributed by atoms with Gasteiger partial charge in [0.1, 0.15) is 11.5 Å². The number of amides is 2. The van der Waals surface area contributed by atoms with Gasteiger partial charge in [0.25, 0.3) is 5.91 Å². The van der Waals surface area contributed by atoms with Gasteiger partial charge in [-0.2, -0.15) is 18.3 Å². The van der Waals surface area contributed by atoms with Crippen LogP contribution in [0.2, 0.25) is 5.02 Å². The van der Waals surface area contributed by atoms with Crippen molar-refractivity contribution in [2.75, 3.05) is 5.32 Å². The van der Waals surface area contributed by atoms with Crippen molar-refractivity contribution in [1.82, 2.24) is 19.3 Å². The van der Waals surface area contributed by atoms with Crippen LogP contribution in [-0.4, -0.2) is 47.0 Å². The largest absolute Gasteiger partial charge is 0.435 e. The van der Waals surface area contributed by atoms with E-state index in [0.717, 1.165) is 16.9 Å². The van der Waals surface area contributed by atoms with Crippen LogP contribution in [0.25, 0.3) is 0 Å². The summed E-state index contributed by atoms with van der Waals surface area (Å²) in [5.74, 6) is -2.63. The molecule has 15 heteroatoms. The molecule has 3 aromatic rings. The zero-order chi connectivity index (χ0) is 31.8. The third-order valence-corrected chi connectivity index (χ3v) is 9.72. The second-order valence-electron chi connectivity index (χ2n) is 12.6. The Morgan fingerprint density at radius 2 is 1.82 bits per heavy atom. The van der Waals surface area contributed by atoms with Crippen molar-refractivity contribution in [1.29, 1.82) is 0 Å².